The van der Waals surface area contributed by atoms with Gasteiger partial charge in [-0.15, -0.1) is 0 Å². The number of amides is 1. The van der Waals surface area contributed by atoms with Crippen molar-refractivity contribution in [1.29, 1.82) is 0 Å². The van der Waals surface area contributed by atoms with Crippen molar-refractivity contribution in [3.8, 4) is 17.2 Å². The van der Waals surface area contributed by atoms with E-state index in [9.17, 15) is 9.18 Å². The van der Waals surface area contributed by atoms with Crippen LogP contribution in [0, 0.1) is 5.82 Å². The Bertz CT molecular complexity index is 1340. The van der Waals surface area contributed by atoms with Crippen LogP contribution in [0.15, 0.2) is 84.0 Å². The molecule has 1 amide bonds. The summed E-state index contributed by atoms with van der Waals surface area (Å²) in [5.41, 5.74) is 3.54. The molecule has 0 bridgehead atoms. The van der Waals surface area contributed by atoms with Crippen LogP contribution in [-0.4, -0.2) is 22.6 Å². The molecule has 0 radical (unpaired) electrons. The first kappa shape index (κ1) is 24.0. The quantitative estimate of drug-likeness (QED) is 0.276. The molecule has 7 nitrogen and oxygen atoms in total. The molecule has 0 aliphatic rings. The topological polar surface area (TPSA) is 89.3 Å². The maximum atomic E-state index is 13.3. The molecule has 178 valence electrons. The fourth-order valence-corrected chi connectivity index (χ4v) is 3.46. The van der Waals surface area contributed by atoms with Gasteiger partial charge in [0, 0.05) is 36.6 Å². The number of hydrogen-bond acceptors (Lipinski definition) is 6. The number of carbonyl (C=O) groups is 1. The standard InChI is InChI=1S/C26H22ClFN4O3/c1-2-26(33)30-11-9-21-15-25(35-32-21)23-14-20(8-10-29-23)31-19-6-7-24(22(27)13-19)34-16-17-4-3-5-18(28)12-17/h2-8,10,12-15H,1,9,11,16H2,(H,29,31)(H,30,33). The molecule has 0 aliphatic heterocycles. The number of halogens is 2. The van der Waals surface area contributed by atoms with Crippen molar-refractivity contribution in [2.24, 2.45) is 0 Å². The van der Waals surface area contributed by atoms with Crippen molar-refractivity contribution in [1.82, 2.24) is 15.5 Å². The molecular weight excluding hydrogens is 471 g/mol. The Morgan fingerprint density at radius 2 is 2.00 bits per heavy atom. The summed E-state index contributed by atoms with van der Waals surface area (Å²) < 4.78 is 24.5. The summed E-state index contributed by atoms with van der Waals surface area (Å²) in [5.74, 6) is 0.459. The minimum Gasteiger partial charge on any atom is -0.487 e. The van der Waals surface area contributed by atoms with Gasteiger partial charge in [-0.3, -0.25) is 9.78 Å². The number of nitrogens with zero attached hydrogens (tertiary/aromatic N) is 2. The third-order valence-electron chi connectivity index (χ3n) is 4.94. The van der Waals surface area contributed by atoms with Gasteiger partial charge in [-0.25, -0.2) is 4.39 Å². The fourth-order valence-electron chi connectivity index (χ4n) is 3.23. The normalized spacial score (nSPS) is 10.6. The molecule has 0 saturated heterocycles. The van der Waals surface area contributed by atoms with Crippen molar-refractivity contribution < 1.29 is 18.4 Å². The zero-order valence-electron chi connectivity index (χ0n) is 18.6. The summed E-state index contributed by atoms with van der Waals surface area (Å²) in [5, 5.41) is 10.4. The maximum Gasteiger partial charge on any atom is 0.243 e. The molecule has 9 heteroatoms. The summed E-state index contributed by atoms with van der Waals surface area (Å²) in [7, 11) is 0. The number of ether oxygens (including phenoxy) is 1. The Labute approximate surface area is 206 Å². The van der Waals surface area contributed by atoms with Crippen molar-refractivity contribution in [3.05, 3.63) is 102 Å². The summed E-state index contributed by atoms with van der Waals surface area (Å²) in [6.07, 6.45) is 3.40. The molecule has 2 heterocycles. The lowest BCUT2D eigenvalue weighted by Crippen LogP contribution is -2.23. The zero-order chi connectivity index (χ0) is 24.6. The third kappa shape index (κ3) is 6.68. The number of aromatic nitrogens is 2. The summed E-state index contributed by atoms with van der Waals surface area (Å²) in [6, 6.07) is 17.0. The molecule has 2 N–H and O–H groups in total. The van der Waals surface area contributed by atoms with Crippen LogP contribution in [0.4, 0.5) is 15.8 Å². The van der Waals surface area contributed by atoms with Gasteiger partial charge in [-0.2, -0.15) is 0 Å². The molecule has 4 aromatic rings. The van der Waals surface area contributed by atoms with Crippen LogP contribution in [0.25, 0.3) is 11.5 Å². The van der Waals surface area contributed by atoms with Gasteiger partial charge in [0.15, 0.2) is 5.76 Å². The van der Waals surface area contributed by atoms with Crippen LogP contribution < -0.4 is 15.4 Å². The van der Waals surface area contributed by atoms with E-state index in [0.717, 1.165) is 11.4 Å². The fraction of sp³-hybridized carbons (Fsp3) is 0.115. The number of carbonyl (C=O) groups excluding carboxylic acids is 1. The Kier molecular flexibility index (Phi) is 7.74. The predicted molar refractivity (Wildman–Crippen MR) is 132 cm³/mol. The molecule has 0 atom stereocenters. The minimum atomic E-state index is -0.313. The van der Waals surface area contributed by atoms with Gasteiger partial charge in [0.2, 0.25) is 5.91 Å². The second kappa shape index (κ2) is 11.3. The van der Waals surface area contributed by atoms with E-state index in [-0.39, 0.29) is 18.3 Å². The molecule has 2 aromatic heterocycles. The number of hydrogen-bond donors (Lipinski definition) is 2. The van der Waals surface area contributed by atoms with E-state index < -0.39 is 0 Å². The van der Waals surface area contributed by atoms with E-state index in [1.807, 2.05) is 18.2 Å². The maximum absolute atomic E-state index is 13.3. The van der Waals surface area contributed by atoms with Gasteiger partial charge in [0.1, 0.15) is 23.9 Å². The van der Waals surface area contributed by atoms with Gasteiger partial charge in [0.25, 0.3) is 0 Å². The monoisotopic (exact) mass is 492 g/mol. The van der Waals surface area contributed by atoms with Gasteiger partial charge in [0.05, 0.1) is 10.7 Å². The smallest absolute Gasteiger partial charge is 0.243 e. The Balaban J connectivity index is 1.38. The van der Waals surface area contributed by atoms with E-state index in [2.05, 4.69) is 27.4 Å². The Hall–Kier alpha value is -4.17. The average molecular weight is 493 g/mol. The molecule has 0 unspecified atom stereocenters. The SMILES string of the molecule is C=CC(=O)NCCc1cc(-c2cc(Nc3ccc(OCc4cccc(F)c4)c(Cl)c3)ccn2)on1. The summed E-state index contributed by atoms with van der Waals surface area (Å²) >= 11 is 6.39. The van der Waals surface area contributed by atoms with Crippen LogP contribution in [0.5, 0.6) is 5.75 Å². The van der Waals surface area contributed by atoms with E-state index in [0.29, 0.717) is 46.4 Å². The lowest BCUT2D eigenvalue weighted by atomic mass is 10.2. The number of rotatable bonds is 10. The van der Waals surface area contributed by atoms with Crippen LogP contribution in [0.3, 0.4) is 0 Å². The Morgan fingerprint density at radius 1 is 1.14 bits per heavy atom. The van der Waals surface area contributed by atoms with Gasteiger partial charge in [-0.05, 0) is 54.1 Å². The molecule has 0 aliphatic carbocycles. The van der Waals surface area contributed by atoms with Crippen molar-refractivity contribution in [3.63, 3.8) is 0 Å². The predicted octanol–water partition coefficient (Wildman–Crippen LogP) is 5.70. The largest absolute Gasteiger partial charge is 0.487 e. The zero-order valence-corrected chi connectivity index (χ0v) is 19.4. The number of anilines is 2. The van der Waals surface area contributed by atoms with Crippen LogP contribution in [0.1, 0.15) is 11.3 Å². The minimum absolute atomic E-state index is 0.206. The van der Waals surface area contributed by atoms with Crippen LogP contribution in [0.2, 0.25) is 5.02 Å². The first-order valence-corrected chi connectivity index (χ1v) is 11.1. The molecule has 0 fully saturated rings. The summed E-state index contributed by atoms with van der Waals surface area (Å²) in [4.78, 5) is 15.6. The highest BCUT2D eigenvalue weighted by Gasteiger charge is 2.10. The number of nitrogens with one attached hydrogen (secondary N) is 2. The van der Waals surface area contributed by atoms with E-state index in [1.165, 1.54) is 18.2 Å². The number of benzene rings is 2. The van der Waals surface area contributed by atoms with E-state index >= 15 is 0 Å². The molecule has 0 saturated carbocycles. The van der Waals surface area contributed by atoms with Gasteiger partial charge < -0.3 is 19.9 Å². The Morgan fingerprint density at radius 3 is 2.80 bits per heavy atom. The van der Waals surface area contributed by atoms with Crippen LogP contribution >= 0.6 is 11.6 Å². The highest BCUT2D eigenvalue weighted by atomic mass is 35.5. The van der Waals surface area contributed by atoms with E-state index in [1.54, 1.807) is 36.5 Å². The second-order valence-electron chi connectivity index (χ2n) is 7.55. The first-order valence-electron chi connectivity index (χ1n) is 10.8. The molecule has 2 aromatic carbocycles. The van der Waals surface area contributed by atoms with Gasteiger partial charge in [-0.1, -0.05) is 35.5 Å². The average Bonchev–Trinajstić information content (AvgIpc) is 3.33. The second-order valence-corrected chi connectivity index (χ2v) is 7.95. The van der Waals surface area contributed by atoms with Gasteiger partial charge >= 0.3 is 0 Å². The molecule has 35 heavy (non-hydrogen) atoms. The first-order chi connectivity index (χ1) is 17.0. The molecular formula is C26H22ClFN4O3. The number of pyridine rings is 1. The van der Waals surface area contributed by atoms with Crippen LogP contribution in [-0.2, 0) is 17.8 Å². The third-order valence-corrected chi connectivity index (χ3v) is 5.24. The lowest BCUT2D eigenvalue weighted by Gasteiger charge is -2.11. The van der Waals surface area contributed by atoms with Crippen molar-refractivity contribution in [2.75, 3.05) is 11.9 Å². The van der Waals surface area contributed by atoms with Crippen molar-refractivity contribution in [2.45, 2.75) is 13.0 Å². The van der Waals surface area contributed by atoms with E-state index in [4.69, 9.17) is 20.9 Å². The summed E-state index contributed by atoms with van der Waals surface area (Å²) in [6.45, 7) is 4.05. The lowest BCUT2D eigenvalue weighted by molar-refractivity contribution is -0.116. The highest BCUT2D eigenvalue weighted by molar-refractivity contribution is 6.32. The molecule has 0 spiro atoms. The van der Waals surface area contributed by atoms with Crippen molar-refractivity contribution >= 4 is 28.9 Å². The molecule has 4 rings (SSSR count). The highest BCUT2D eigenvalue weighted by Crippen LogP contribution is 2.30.